The molecule has 0 aromatic heterocycles. The summed E-state index contributed by atoms with van der Waals surface area (Å²) in [5.74, 6) is -1.52. The number of nitrogens with one attached hydrogen (secondary N) is 2. The topological polar surface area (TPSA) is 118 Å². The van der Waals surface area contributed by atoms with Crippen molar-refractivity contribution in [3.8, 4) is 0 Å². The van der Waals surface area contributed by atoms with Crippen LogP contribution in [0.1, 0.15) is 20.7 Å². The fraction of sp³-hybridized carbons (Fsp3) is 0. The van der Waals surface area contributed by atoms with E-state index in [0.29, 0.717) is 16.8 Å². The number of rotatable bonds is 6. The number of anilines is 2. The summed E-state index contributed by atoms with van der Waals surface area (Å²) in [6.45, 7) is 0. The van der Waals surface area contributed by atoms with Gasteiger partial charge in [-0.15, -0.1) is 0 Å². The quantitative estimate of drug-likeness (QED) is 0.576. The van der Waals surface area contributed by atoms with Gasteiger partial charge in [-0.2, -0.15) is 0 Å². The van der Waals surface area contributed by atoms with E-state index < -0.39 is 27.7 Å². The molecule has 0 fully saturated rings. The predicted octanol–water partition coefficient (Wildman–Crippen LogP) is 2.98. The summed E-state index contributed by atoms with van der Waals surface area (Å²) in [5, 5.41) is 2.66. The first kappa shape index (κ1) is 20.0. The van der Waals surface area contributed by atoms with Gasteiger partial charge in [-0.05, 0) is 72.8 Å². The van der Waals surface area contributed by atoms with Crippen LogP contribution in [-0.4, -0.2) is 20.2 Å². The van der Waals surface area contributed by atoms with Crippen molar-refractivity contribution in [3.63, 3.8) is 0 Å². The monoisotopic (exact) mass is 413 g/mol. The number of primary amides is 1. The molecule has 0 saturated heterocycles. The van der Waals surface area contributed by atoms with E-state index in [4.69, 9.17) is 5.73 Å². The summed E-state index contributed by atoms with van der Waals surface area (Å²) in [5.41, 5.74) is 6.51. The highest BCUT2D eigenvalue weighted by atomic mass is 32.2. The second-order valence-corrected chi connectivity index (χ2v) is 7.71. The Morgan fingerprint density at radius 1 is 0.759 bits per heavy atom. The highest BCUT2D eigenvalue weighted by molar-refractivity contribution is 7.92. The van der Waals surface area contributed by atoms with Crippen LogP contribution < -0.4 is 15.8 Å². The molecule has 3 aromatic rings. The fourth-order valence-electron chi connectivity index (χ4n) is 2.44. The molecule has 3 aromatic carbocycles. The average Bonchev–Trinajstić information content (AvgIpc) is 2.69. The number of sulfonamides is 1. The van der Waals surface area contributed by atoms with Gasteiger partial charge in [-0.1, -0.05) is 0 Å². The maximum absolute atomic E-state index is 13.0. The third kappa shape index (κ3) is 4.96. The second kappa shape index (κ2) is 8.11. The van der Waals surface area contributed by atoms with Crippen molar-refractivity contribution in [1.29, 1.82) is 0 Å². The van der Waals surface area contributed by atoms with E-state index >= 15 is 0 Å². The fourth-order valence-corrected chi connectivity index (χ4v) is 3.50. The van der Waals surface area contributed by atoms with Gasteiger partial charge < -0.3 is 11.1 Å². The smallest absolute Gasteiger partial charge is 0.261 e. The van der Waals surface area contributed by atoms with Crippen molar-refractivity contribution in [1.82, 2.24) is 0 Å². The van der Waals surface area contributed by atoms with Gasteiger partial charge in [0.1, 0.15) is 5.82 Å². The first-order chi connectivity index (χ1) is 13.7. The second-order valence-electron chi connectivity index (χ2n) is 6.03. The van der Waals surface area contributed by atoms with Gasteiger partial charge in [-0.3, -0.25) is 14.3 Å². The summed E-state index contributed by atoms with van der Waals surface area (Å²) < 4.78 is 39.9. The van der Waals surface area contributed by atoms with Crippen LogP contribution in [0.5, 0.6) is 0 Å². The number of hydrogen-bond acceptors (Lipinski definition) is 4. The van der Waals surface area contributed by atoms with E-state index in [-0.39, 0.29) is 10.6 Å². The van der Waals surface area contributed by atoms with Crippen LogP contribution in [0.3, 0.4) is 0 Å². The molecule has 2 amide bonds. The van der Waals surface area contributed by atoms with E-state index in [1.165, 1.54) is 36.4 Å². The molecule has 0 saturated carbocycles. The van der Waals surface area contributed by atoms with Crippen LogP contribution in [0.25, 0.3) is 0 Å². The van der Waals surface area contributed by atoms with Gasteiger partial charge in [-0.25, -0.2) is 12.8 Å². The minimum atomic E-state index is -3.88. The molecule has 0 bridgehead atoms. The molecule has 7 nitrogen and oxygen atoms in total. The molecule has 0 unspecified atom stereocenters. The van der Waals surface area contributed by atoms with Crippen LogP contribution in [0.2, 0.25) is 0 Å². The molecule has 148 valence electrons. The van der Waals surface area contributed by atoms with Gasteiger partial charge in [0.2, 0.25) is 5.91 Å². The maximum atomic E-state index is 13.0. The number of nitrogens with two attached hydrogens (primary N) is 1. The van der Waals surface area contributed by atoms with Crippen molar-refractivity contribution in [2.45, 2.75) is 4.90 Å². The zero-order valence-electron chi connectivity index (χ0n) is 14.9. The third-order valence-corrected chi connectivity index (χ3v) is 5.35. The number of benzene rings is 3. The summed E-state index contributed by atoms with van der Waals surface area (Å²) in [7, 11) is -3.88. The number of amides is 2. The van der Waals surface area contributed by atoms with Crippen LogP contribution in [0, 0.1) is 5.82 Å². The molecule has 0 atom stereocenters. The summed E-state index contributed by atoms with van der Waals surface area (Å²) in [6, 6.07) is 16.3. The van der Waals surface area contributed by atoms with Crippen LogP contribution in [0.4, 0.5) is 15.8 Å². The van der Waals surface area contributed by atoms with Crippen molar-refractivity contribution in [2.24, 2.45) is 5.73 Å². The lowest BCUT2D eigenvalue weighted by Gasteiger charge is -2.09. The van der Waals surface area contributed by atoms with Crippen molar-refractivity contribution >= 4 is 33.2 Å². The van der Waals surface area contributed by atoms with E-state index in [0.717, 1.165) is 24.3 Å². The SMILES string of the molecule is NC(=O)c1ccc(NC(=O)c2ccc(NS(=O)(=O)c3ccc(F)cc3)cc2)cc1. The van der Waals surface area contributed by atoms with E-state index in [1.54, 1.807) is 12.1 Å². The minimum absolute atomic E-state index is 0.0832. The molecule has 0 aliphatic rings. The molecule has 4 N–H and O–H groups in total. The molecule has 0 aliphatic heterocycles. The molecule has 3 rings (SSSR count). The lowest BCUT2D eigenvalue weighted by atomic mass is 10.1. The summed E-state index contributed by atoms with van der Waals surface area (Å²) in [4.78, 5) is 23.3. The average molecular weight is 413 g/mol. The zero-order valence-corrected chi connectivity index (χ0v) is 15.7. The summed E-state index contributed by atoms with van der Waals surface area (Å²) >= 11 is 0. The van der Waals surface area contributed by atoms with Gasteiger partial charge in [0, 0.05) is 22.5 Å². The Morgan fingerprint density at radius 2 is 1.28 bits per heavy atom. The van der Waals surface area contributed by atoms with Gasteiger partial charge in [0.25, 0.3) is 15.9 Å². The molecular formula is C20H16FN3O4S. The number of carbonyl (C=O) groups excluding carboxylic acids is 2. The Hall–Kier alpha value is -3.72. The minimum Gasteiger partial charge on any atom is -0.366 e. The largest absolute Gasteiger partial charge is 0.366 e. The zero-order chi connectivity index (χ0) is 21.0. The van der Waals surface area contributed by atoms with E-state index in [1.807, 2.05) is 0 Å². The Kier molecular flexibility index (Phi) is 5.60. The molecule has 29 heavy (non-hydrogen) atoms. The molecule has 9 heteroatoms. The first-order valence-corrected chi connectivity index (χ1v) is 9.82. The molecule has 0 heterocycles. The Balaban J connectivity index is 1.68. The number of hydrogen-bond donors (Lipinski definition) is 3. The highest BCUT2D eigenvalue weighted by Crippen LogP contribution is 2.18. The van der Waals surface area contributed by atoms with E-state index in [9.17, 15) is 22.4 Å². The molecule has 0 aliphatic carbocycles. The Labute approximate surface area is 166 Å². The Morgan fingerprint density at radius 3 is 1.83 bits per heavy atom. The summed E-state index contributed by atoms with van der Waals surface area (Å²) in [6.07, 6.45) is 0. The third-order valence-electron chi connectivity index (χ3n) is 3.95. The lowest BCUT2D eigenvalue weighted by molar-refractivity contribution is 0.0998. The van der Waals surface area contributed by atoms with Gasteiger partial charge in [0.05, 0.1) is 4.90 Å². The molecule has 0 spiro atoms. The number of halogens is 1. The van der Waals surface area contributed by atoms with Crippen molar-refractivity contribution in [2.75, 3.05) is 10.0 Å². The van der Waals surface area contributed by atoms with Crippen LogP contribution in [0.15, 0.2) is 77.7 Å². The number of carbonyl (C=O) groups is 2. The van der Waals surface area contributed by atoms with Crippen LogP contribution in [-0.2, 0) is 10.0 Å². The Bertz CT molecular complexity index is 1140. The lowest BCUT2D eigenvalue weighted by Crippen LogP contribution is -2.14. The highest BCUT2D eigenvalue weighted by Gasteiger charge is 2.14. The van der Waals surface area contributed by atoms with Crippen molar-refractivity contribution in [3.05, 3.63) is 89.7 Å². The normalized spacial score (nSPS) is 10.9. The van der Waals surface area contributed by atoms with Crippen molar-refractivity contribution < 1.29 is 22.4 Å². The van der Waals surface area contributed by atoms with Gasteiger partial charge >= 0.3 is 0 Å². The predicted molar refractivity (Wildman–Crippen MR) is 107 cm³/mol. The standard InChI is InChI=1S/C20H16FN3O4S/c21-15-5-11-18(12-6-15)29(27,28)24-17-9-3-14(4-10-17)20(26)23-16-7-1-13(2-8-16)19(22)25/h1-12,24H,(H2,22,25)(H,23,26). The first-order valence-electron chi connectivity index (χ1n) is 8.34. The van der Waals surface area contributed by atoms with Gasteiger partial charge in [0.15, 0.2) is 0 Å². The van der Waals surface area contributed by atoms with Crippen LogP contribution >= 0.6 is 0 Å². The molecule has 0 radical (unpaired) electrons. The maximum Gasteiger partial charge on any atom is 0.261 e. The van der Waals surface area contributed by atoms with E-state index in [2.05, 4.69) is 10.0 Å². The molecular weight excluding hydrogens is 397 g/mol.